The van der Waals surface area contributed by atoms with Crippen molar-refractivity contribution in [1.82, 2.24) is 4.57 Å². The van der Waals surface area contributed by atoms with Crippen LogP contribution in [0.2, 0.25) is 0 Å². The van der Waals surface area contributed by atoms with Crippen molar-refractivity contribution in [3.63, 3.8) is 0 Å². The number of hydrogen-bond donors (Lipinski definition) is 0. The van der Waals surface area contributed by atoms with Crippen LogP contribution in [0.15, 0.2) is 72.6 Å². The van der Waals surface area contributed by atoms with Gasteiger partial charge in [-0.15, -0.1) is 0 Å². The number of carbonyl (C=O) groups is 1. The third-order valence-electron chi connectivity index (χ3n) is 5.80. The molecule has 160 valence electrons. The molecule has 1 aliphatic heterocycles. The monoisotopic (exact) mass is 425 g/mol. The zero-order valence-electron chi connectivity index (χ0n) is 18.2. The number of carbonyl (C=O) groups excluding carboxylic acids is 1. The Morgan fingerprint density at radius 1 is 1.03 bits per heavy atom. The largest absolute Gasteiger partial charge is 0.497 e. The predicted octanol–water partition coefficient (Wildman–Crippen LogP) is 5.69. The standard InChI is InChI=1S/C27H23NO4/c1-17-24(31-16-18-8-10-20(30-3)11-9-18)13-12-22-26(29)25(32-27(17)22)14-19-15-28(2)23-7-5-4-6-21(19)23/h4-15H,16H2,1-3H3. The van der Waals surface area contributed by atoms with Crippen molar-refractivity contribution in [2.24, 2.45) is 7.05 Å². The summed E-state index contributed by atoms with van der Waals surface area (Å²) in [6, 6.07) is 19.4. The number of aromatic nitrogens is 1. The summed E-state index contributed by atoms with van der Waals surface area (Å²) in [5, 5.41) is 1.08. The molecule has 4 aromatic rings. The second-order valence-corrected chi connectivity index (χ2v) is 7.85. The number of fused-ring (bicyclic) bond motifs is 2. The molecule has 0 saturated carbocycles. The highest BCUT2D eigenvalue weighted by Gasteiger charge is 2.30. The first-order chi connectivity index (χ1) is 15.5. The molecule has 0 N–H and O–H groups in total. The molecule has 0 spiro atoms. The van der Waals surface area contributed by atoms with Gasteiger partial charge in [0.05, 0.1) is 12.7 Å². The molecule has 32 heavy (non-hydrogen) atoms. The molecule has 0 saturated heterocycles. The molecule has 0 amide bonds. The SMILES string of the molecule is COc1ccc(COc2ccc3c(c2C)OC(=Cc2cn(C)c4ccccc24)C3=O)cc1. The minimum Gasteiger partial charge on any atom is -0.497 e. The molecule has 0 atom stereocenters. The minimum atomic E-state index is -0.113. The molecular formula is C27H23NO4. The van der Waals surface area contributed by atoms with Crippen LogP contribution in [0.1, 0.15) is 27.0 Å². The average molecular weight is 425 g/mol. The van der Waals surface area contributed by atoms with Crippen LogP contribution in [-0.2, 0) is 13.7 Å². The number of ether oxygens (including phenoxy) is 3. The van der Waals surface area contributed by atoms with Crippen LogP contribution in [0.4, 0.5) is 0 Å². The lowest BCUT2D eigenvalue weighted by atomic mass is 10.1. The van der Waals surface area contributed by atoms with E-state index >= 15 is 0 Å². The van der Waals surface area contributed by atoms with Crippen LogP contribution < -0.4 is 14.2 Å². The van der Waals surface area contributed by atoms with Crippen molar-refractivity contribution >= 4 is 22.8 Å². The van der Waals surface area contributed by atoms with E-state index in [1.54, 1.807) is 13.2 Å². The van der Waals surface area contributed by atoms with Crippen molar-refractivity contribution in [3.8, 4) is 17.2 Å². The molecule has 3 aromatic carbocycles. The number of Topliss-reactive ketones (excluding diaryl/α,β-unsaturated/α-hetero) is 1. The topological polar surface area (TPSA) is 49.7 Å². The van der Waals surface area contributed by atoms with E-state index in [4.69, 9.17) is 14.2 Å². The van der Waals surface area contributed by atoms with Gasteiger partial charge in [-0.1, -0.05) is 30.3 Å². The number of ketones is 1. The molecule has 5 heteroatoms. The highest BCUT2D eigenvalue weighted by molar-refractivity contribution is 6.15. The highest BCUT2D eigenvalue weighted by Crippen LogP contribution is 2.40. The number of allylic oxidation sites excluding steroid dienone is 1. The van der Waals surface area contributed by atoms with E-state index in [9.17, 15) is 4.79 Å². The summed E-state index contributed by atoms with van der Waals surface area (Å²) in [4.78, 5) is 13.0. The van der Waals surface area contributed by atoms with Gasteiger partial charge in [0, 0.05) is 35.3 Å². The molecule has 0 radical (unpaired) electrons. The Labute approximate surface area is 186 Å². The van der Waals surface area contributed by atoms with Crippen LogP contribution in [-0.4, -0.2) is 17.5 Å². The first kappa shape index (κ1) is 19.9. The molecule has 0 unspecified atom stereocenters. The fourth-order valence-electron chi connectivity index (χ4n) is 4.04. The third-order valence-corrected chi connectivity index (χ3v) is 5.80. The van der Waals surface area contributed by atoms with E-state index in [2.05, 4.69) is 6.07 Å². The predicted molar refractivity (Wildman–Crippen MR) is 124 cm³/mol. The van der Waals surface area contributed by atoms with E-state index in [1.165, 1.54) is 0 Å². The normalized spacial score (nSPS) is 14.0. The molecule has 1 aliphatic rings. The number of nitrogens with zero attached hydrogens (tertiary/aromatic N) is 1. The molecule has 0 aliphatic carbocycles. The summed E-state index contributed by atoms with van der Waals surface area (Å²) < 4.78 is 19.3. The van der Waals surface area contributed by atoms with Gasteiger partial charge in [0.1, 0.15) is 23.9 Å². The summed E-state index contributed by atoms with van der Waals surface area (Å²) in [5.41, 5.74) is 4.45. The zero-order valence-corrected chi connectivity index (χ0v) is 18.2. The number of benzene rings is 3. The van der Waals surface area contributed by atoms with Gasteiger partial charge in [-0.2, -0.15) is 0 Å². The number of aryl methyl sites for hydroxylation is 1. The second-order valence-electron chi connectivity index (χ2n) is 7.85. The number of hydrogen-bond acceptors (Lipinski definition) is 4. The maximum absolute atomic E-state index is 13.0. The van der Waals surface area contributed by atoms with E-state index in [0.717, 1.165) is 33.3 Å². The lowest BCUT2D eigenvalue weighted by molar-refractivity contribution is 0.101. The molecule has 0 fully saturated rings. The smallest absolute Gasteiger partial charge is 0.231 e. The number of para-hydroxylation sites is 1. The summed E-state index contributed by atoms with van der Waals surface area (Å²) in [6.45, 7) is 2.33. The molecular weight excluding hydrogens is 402 g/mol. The Balaban J connectivity index is 1.40. The van der Waals surface area contributed by atoms with E-state index < -0.39 is 0 Å². The van der Waals surface area contributed by atoms with Gasteiger partial charge in [-0.3, -0.25) is 4.79 Å². The fourth-order valence-corrected chi connectivity index (χ4v) is 4.04. The van der Waals surface area contributed by atoms with Gasteiger partial charge in [0.2, 0.25) is 5.78 Å². The van der Waals surface area contributed by atoms with E-state index in [-0.39, 0.29) is 5.78 Å². The Bertz CT molecular complexity index is 1360. The summed E-state index contributed by atoms with van der Waals surface area (Å²) in [7, 11) is 3.64. The maximum Gasteiger partial charge on any atom is 0.231 e. The molecule has 1 aromatic heterocycles. The van der Waals surface area contributed by atoms with E-state index in [0.29, 0.717) is 29.4 Å². The fraction of sp³-hybridized carbons (Fsp3) is 0.148. The van der Waals surface area contributed by atoms with Crippen molar-refractivity contribution in [2.45, 2.75) is 13.5 Å². The van der Waals surface area contributed by atoms with Crippen molar-refractivity contribution in [3.05, 3.63) is 94.9 Å². The Morgan fingerprint density at radius 3 is 2.59 bits per heavy atom. The molecule has 2 heterocycles. The van der Waals surface area contributed by atoms with Crippen LogP contribution in [0.3, 0.4) is 0 Å². The van der Waals surface area contributed by atoms with Crippen LogP contribution in [0.5, 0.6) is 17.2 Å². The summed E-state index contributed by atoms with van der Waals surface area (Å²) >= 11 is 0. The number of methoxy groups -OCH3 is 1. The van der Waals surface area contributed by atoms with Crippen molar-refractivity contribution in [2.75, 3.05) is 7.11 Å². The summed E-state index contributed by atoms with van der Waals surface area (Å²) in [6.07, 6.45) is 3.83. The van der Waals surface area contributed by atoms with Gasteiger partial charge in [0.25, 0.3) is 0 Å². The van der Waals surface area contributed by atoms with Crippen LogP contribution in [0, 0.1) is 6.92 Å². The number of rotatable bonds is 5. The molecule has 0 bridgehead atoms. The van der Waals surface area contributed by atoms with Crippen molar-refractivity contribution in [1.29, 1.82) is 0 Å². The Morgan fingerprint density at radius 2 is 1.81 bits per heavy atom. The van der Waals surface area contributed by atoms with Gasteiger partial charge in [-0.25, -0.2) is 0 Å². The van der Waals surface area contributed by atoms with Gasteiger partial charge in [-0.05, 0) is 48.9 Å². The highest BCUT2D eigenvalue weighted by atomic mass is 16.5. The first-order valence-electron chi connectivity index (χ1n) is 10.4. The Kier molecular flexibility index (Phi) is 4.94. The van der Waals surface area contributed by atoms with Gasteiger partial charge in [0.15, 0.2) is 5.76 Å². The second kappa shape index (κ2) is 7.93. The lowest BCUT2D eigenvalue weighted by Crippen LogP contribution is -1.98. The first-order valence-corrected chi connectivity index (χ1v) is 10.4. The molecule has 5 rings (SSSR count). The average Bonchev–Trinajstić information content (AvgIpc) is 3.31. The maximum atomic E-state index is 13.0. The Hall–Kier alpha value is -3.99. The lowest BCUT2D eigenvalue weighted by Gasteiger charge is -2.12. The summed E-state index contributed by atoms with van der Waals surface area (Å²) in [5.74, 6) is 2.27. The third kappa shape index (κ3) is 3.42. The van der Waals surface area contributed by atoms with Gasteiger partial charge >= 0.3 is 0 Å². The zero-order chi connectivity index (χ0) is 22.2. The molecule has 5 nitrogen and oxygen atoms in total. The van der Waals surface area contributed by atoms with Gasteiger partial charge < -0.3 is 18.8 Å². The van der Waals surface area contributed by atoms with Crippen LogP contribution >= 0.6 is 0 Å². The quantitative estimate of drug-likeness (QED) is 0.386. The van der Waals surface area contributed by atoms with E-state index in [1.807, 2.05) is 79.3 Å². The van der Waals surface area contributed by atoms with Crippen LogP contribution in [0.25, 0.3) is 17.0 Å². The minimum absolute atomic E-state index is 0.113. The van der Waals surface area contributed by atoms with Crippen molar-refractivity contribution < 1.29 is 19.0 Å².